The second-order valence-electron chi connectivity index (χ2n) is 4.44. The number of hydrogen-bond donors (Lipinski definition) is 0. The Bertz CT molecular complexity index is 679. The number of aryl methyl sites for hydroxylation is 1. The van der Waals surface area contributed by atoms with Crippen molar-refractivity contribution in [2.45, 2.75) is 29.7 Å². The molecule has 0 spiro atoms. The molecular formula is C15H17NO3S. The maximum absolute atomic E-state index is 12.5. The van der Waals surface area contributed by atoms with Gasteiger partial charge in [0.05, 0.1) is 12.0 Å². The third kappa shape index (κ3) is 2.99. The third-order valence-corrected chi connectivity index (χ3v) is 4.63. The fourth-order valence-electron chi connectivity index (χ4n) is 1.90. The zero-order chi connectivity index (χ0) is 14.6. The summed E-state index contributed by atoms with van der Waals surface area (Å²) in [6, 6.07) is 9.76. The van der Waals surface area contributed by atoms with Gasteiger partial charge in [-0.25, -0.2) is 13.4 Å². The minimum atomic E-state index is -3.59. The smallest absolute Gasteiger partial charge is 0.223 e. The van der Waals surface area contributed by atoms with Gasteiger partial charge < -0.3 is 4.74 Å². The summed E-state index contributed by atoms with van der Waals surface area (Å²) in [4.78, 5) is 4.26. The van der Waals surface area contributed by atoms with Gasteiger partial charge in [0, 0.05) is 6.20 Å². The maximum Gasteiger partial charge on any atom is 0.223 e. The largest absolute Gasteiger partial charge is 0.497 e. The number of sulfone groups is 1. The van der Waals surface area contributed by atoms with Crippen molar-refractivity contribution in [3.8, 4) is 5.75 Å². The molecule has 0 saturated carbocycles. The highest BCUT2D eigenvalue weighted by molar-refractivity contribution is 7.91. The molecule has 0 fully saturated rings. The summed E-state index contributed by atoms with van der Waals surface area (Å²) >= 11 is 0. The van der Waals surface area contributed by atoms with Crippen molar-refractivity contribution >= 4 is 9.84 Å². The van der Waals surface area contributed by atoms with Crippen LogP contribution in [0.2, 0.25) is 0 Å². The van der Waals surface area contributed by atoms with Crippen LogP contribution in [0, 0.1) is 0 Å². The molecule has 0 atom stereocenters. The van der Waals surface area contributed by atoms with E-state index >= 15 is 0 Å². The van der Waals surface area contributed by atoms with E-state index in [2.05, 4.69) is 11.9 Å². The van der Waals surface area contributed by atoms with Crippen molar-refractivity contribution < 1.29 is 13.2 Å². The molecule has 0 aliphatic rings. The normalized spacial score (nSPS) is 11.3. The molecule has 0 unspecified atom stereocenters. The first-order valence-electron chi connectivity index (χ1n) is 6.42. The van der Waals surface area contributed by atoms with E-state index in [1.54, 1.807) is 30.5 Å². The number of pyridine rings is 1. The molecule has 2 aromatic rings. The van der Waals surface area contributed by atoms with Crippen molar-refractivity contribution in [2.24, 2.45) is 0 Å². The lowest BCUT2D eigenvalue weighted by atomic mass is 10.2. The van der Waals surface area contributed by atoms with Gasteiger partial charge in [0.2, 0.25) is 9.84 Å². The molecule has 0 aliphatic heterocycles. The zero-order valence-electron chi connectivity index (χ0n) is 11.5. The summed E-state index contributed by atoms with van der Waals surface area (Å²) in [5.41, 5.74) is 1.04. The van der Waals surface area contributed by atoms with Crippen LogP contribution in [0.3, 0.4) is 0 Å². The van der Waals surface area contributed by atoms with Crippen molar-refractivity contribution in [3.63, 3.8) is 0 Å². The van der Waals surface area contributed by atoms with Gasteiger partial charge in [-0.05, 0) is 36.2 Å². The Kier molecular flexibility index (Phi) is 4.39. The first-order valence-corrected chi connectivity index (χ1v) is 7.90. The summed E-state index contributed by atoms with van der Waals surface area (Å²) in [6.07, 6.45) is 3.52. The van der Waals surface area contributed by atoms with Crippen LogP contribution in [-0.2, 0) is 16.3 Å². The number of nitrogens with zero attached hydrogens (tertiary/aromatic N) is 1. The Labute approximate surface area is 119 Å². The fraction of sp³-hybridized carbons (Fsp3) is 0.267. The van der Waals surface area contributed by atoms with Crippen molar-refractivity contribution in [3.05, 3.63) is 48.2 Å². The number of benzene rings is 1. The van der Waals surface area contributed by atoms with Crippen LogP contribution in [0.25, 0.3) is 0 Å². The Morgan fingerprint density at radius 2 is 2.00 bits per heavy atom. The van der Waals surface area contributed by atoms with E-state index in [1.807, 2.05) is 6.07 Å². The highest BCUT2D eigenvalue weighted by Gasteiger charge is 2.19. The fourth-order valence-corrected chi connectivity index (χ4v) is 3.10. The van der Waals surface area contributed by atoms with Crippen LogP contribution >= 0.6 is 0 Å². The summed E-state index contributed by atoms with van der Waals surface area (Å²) in [6.45, 7) is 2.07. The van der Waals surface area contributed by atoms with Gasteiger partial charge in [-0.3, -0.25) is 0 Å². The maximum atomic E-state index is 12.5. The molecule has 2 rings (SSSR count). The molecule has 0 amide bonds. The summed E-state index contributed by atoms with van der Waals surface area (Å²) in [5.74, 6) is 0.508. The summed E-state index contributed by atoms with van der Waals surface area (Å²) in [5, 5.41) is 0.0607. The molecular weight excluding hydrogens is 274 g/mol. The van der Waals surface area contributed by atoms with E-state index in [9.17, 15) is 8.42 Å². The van der Waals surface area contributed by atoms with Crippen LogP contribution in [-0.4, -0.2) is 20.5 Å². The van der Waals surface area contributed by atoms with E-state index in [0.717, 1.165) is 18.4 Å². The Balaban J connectivity index is 2.38. The van der Waals surface area contributed by atoms with Crippen molar-refractivity contribution in [2.75, 3.05) is 7.11 Å². The standard InChI is InChI=1S/C15H17NO3S/c1-3-5-12-8-9-15(16-11-12)20(17,18)14-7-4-6-13(10-14)19-2/h4,6-11H,3,5H2,1-2H3. The molecule has 0 saturated heterocycles. The third-order valence-electron chi connectivity index (χ3n) is 2.96. The average Bonchev–Trinajstić information content (AvgIpc) is 2.48. The minimum Gasteiger partial charge on any atom is -0.497 e. The molecule has 1 heterocycles. The van der Waals surface area contributed by atoms with Crippen molar-refractivity contribution in [1.82, 2.24) is 4.98 Å². The number of ether oxygens (including phenoxy) is 1. The van der Waals surface area contributed by atoms with E-state index in [1.165, 1.54) is 13.2 Å². The number of hydrogen-bond acceptors (Lipinski definition) is 4. The van der Waals surface area contributed by atoms with E-state index < -0.39 is 9.84 Å². The highest BCUT2D eigenvalue weighted by atomic mass is 32.2. The lowest BCUT2D eigenvalue weighted by molar-refractivity contribution is 0.413. The predicted molar refractivity (Wildman–Crippen MR) is 76.7 cm³/mol. The Hall–Kier alpha value is -1.88. The minimum absolute atomic E-state index is 0.0607. The van der Waals surface area contributed by atoms with Gasteiger partial charge >= 0.3 is 0 Å². The molecule has 106 valence electrons. The van der Waals surface area contributed by atoms with Crippen LogP contribution < -0.4 is 4.74 Å². The number of rotatable bonds is 5. The molecule has 0 bridgehead atoms. The summed E-state index contributed by atoms with van der Waals surface area (Å²) in [7, 11) is -2.09. The predicted octanol–water partition coefficient (Wildman–Crippen LogP) is 2.88. The second kappa shape index (κ2) is 6.05. The number of aromatic nitrogens is 1. The molecule has 20 heavy (non-hydrogen) atoms. The monoisotopic (exact) mass is 291 g/mol. The molecule has 4 nitrogen and oxygen atoms in total. The van der Waals surface area contributed by atoms with Gasteiger partial charge in [0.1, 0.15) is 5.75 Å². The van der Waals surface area contributed by atoms with Crippen LogP contribution in [0.15, 0.2) is 52.5 Å². The SMILES string of the molecule is CCCc1ccc(S(=O)(=O)c2cccc(OC)c2)nc1. The molecule has 5 heteroatoms. The van der Waals surface area contributed by atoms with Gasteiger partial charge in [0.25, 0.3) is 0 Å². The van der Waals surface area contributed by atoms with Gasteiger partial charge in [-0.15, -0.1) is 0 Å². The Morgan fingerprint density at radius 1 is 1.20 bits per heavy atom. The molecule has 0 N–H and O–H groups in total. The lowest BCUT2D eigenvalue weighted by Crippen LogP contribution is -2.05. The first-order chi connectivity index (χ1) is 9.57. The highest BCUT2D eigenvalue weighted by Crippen LogP contribution is 2.23. The van der Waals surface area contributed by atoms with Gasteiger partial charge in [-0.1, -0.05) is 25.5 Å². The molecule has 1 aromatic carbocycles. The second-order valence-corrected chi connectivity index (χ2v) is 6.33. The first kappa shape index (κ1) is 14.5. The molecule has 0 radical (unpaired) electrons. The zero-order valence-corrected chi connectivity index (χ0v) is 12.4. The van der Waals surface area contributed by atoms with E-state index in [4.69, 9.17) is 4.74 Å². The van der Waals surface area contributed by atoms with Crippen molar-refractivity contribution in [1.29, 1.82) is 0 Å². The molecule has 0 aliphatic carbocycles. The Morgan fingerprint density at radius 3 is 2.60 bits per heavy atom. The van der Waals surface area contributed by atoms with E-state index in [0.29, 0.717) is 5.75 Å². The van der Waals surface area contributed by atoms with Crippen LogP contribution in [0.1, 0.15) is 18.9 Å². The van der Waals surface area contributed by atoms with Crippen LogP contribution in [0.4, 0.5) is 0 Å². The van der Waals surface area contributed by atoms with Gasteiger partial charge in [0.15, 0.2) is 5.03 Å². The number of methoxy groups -OCH3 is 1. The lowest BCUT2D eigenvalue weighted by Gasteiger charge is -2.06. The average molecular weight is 291 g/mol. The quantitative estimate of drug-likeness (QED) is 0.850. The van der Waals surface area contributed by atoms with E-state index in [-0.39, 0.29) is 9.92 Å². The topological polar surface area (TPSA) is 56.3 Å². The van der Waals surface area contributed by atoms with Crippen LogP contribution in [0.5, 0.6) is 5.75 Å². The summed E-state index contributed by atoms with van der Waals surface area (Å²) < 4.78 is 30.0. The molecule has 1 aromatic heterocycles. The van der Waals surface area contributed by atoms with Gasteiger partial charge in [-0.2, -0.15) is 0 Å².